The molecule has 0 spiro atoms. The van der Waals surface area contributed by atoms with Gasteiger partial charge in [-0.25, -0.2) is 4.68 Å². The van der Waals surface area contributed by atoms with E-state index in [1.165, 1.54) is 37.1 Å². The lowest BCUT2D eigenvalue weighted by Crippen LogP contribution is -2.27. The van der Waals surface area contributed by atoms with Crippen molar-refractivity contribution in [2.45, 2.75) is 85.1 Å². The molecular weight excluding hydrogens is 234 g/mol. The van der Waals surface area contributed by atoms with Crippen LogP contribution < -0.4 is 0 Å². The molecule has 1 aliphatic carbocycles. The molecule has 1 aliphatic rings. The molecule has 2 rings (SSSR count). The van der Waals surface area contributed by atoms with Crippen LogP contribution in [-0.2, 0) is 12.0 Å². The molecule has 1 unspecified atom stereocenters. The fourth-order valence-corrected chi connectivity index (χ4v) is 3.15. The smallest absolute Gasteiger partial charge is 0.0895 e. The Morgan fingerprint density at radius 1 is 1.00 bits per heavy atom. The predicted octanol–water partition coefficient (Wildman–Crippen LogP) is 4.28. The third kappa shape index (κ3) is 3.01. The van der Waals surface area contributed by atoms with Crippen LogP contribution in [0.4, 0.5) is 0 Å². The lowest BCUT2D eigenvalue weighted by molar-refractivity contribution is 0.284. The van der Waals surface area contributed by atoms with E-state index in [1.54, 1.807) is 0 Å². The summed E-state index contributed by atoms with van der Waals surface area (Å²) < 4.78 is 2.16. The van der Waals surface area contributed by atoms with Gasteiger partial charge < -0.3 is 0 Å². The second-order valence-corrected chi connectivity index (χ2v) is 8.02. The highest BCUT2D eigenvalue weighted by molar-refractivity contribution is 5.20. The molecule has 19 heavy (non-hydrogen) atoms. The summed E-state index contributed by atoms with van der Waals surface area (Å²) in [5.41, 5.74) is 2.95. The first-order valence-corrected chi connectivity index (χ1v) is 7.66. The second kappa shape index (κ2) is 4.92. The zero-order chi connectivity index (χ0) is 14.3. The van der Waals surface area contributed by atoms with Crippen LogP contribution in [0.2, 0.25) is 0 Å². The van der Waals surface area contributed by atoms with Gasteiger partial charge in [-0.15, -0.1) is 5.10 Å². The summed E-state index contributed by atoms with van der Waals surface area (Å²) in [4.78, 5) is 0. The van der Waals surface area contributed by atoms with Crippen molar-refractivity contribution in [1.82, 2.24) is 15.0 Å². The minimum Gasteiger partial charge on any atom is -0.244 e. The molecule has 0 radical (unpaired) electrons. The average molecular weight is 263 g/mol. The highest BCUT2D eigenvalue weighted by Crippen LogP contribution is 2.41. The Morgan fingerprint density at radius 3 is 2.26 bits per heavy atom. The maximum atomic E-state index is 4.59. The molecule has 0 N–H and O–H groups in total. The van der Waals surface area contributed by atoms with Gasteiger partial charge in [0.1, 0.15) is 0 Å². The standard InChI is InChI=1S/C16H29N3/c1-15(2,3)12-10-8-7-9-11-13-14(12)17-18-19(13)16(4,5)6/h12H,7-11H2,1-6H3. The normalized spacial score (nSPS) is 21.7. The van der Waals surface area contributed by atoms with Crippen molar-refractivity contribution in [2.24, 2.45) is 5.41 Å². The van der Waals surface area contributed by atoms with Crippen molar-refractivity contribution in [3.63, 3.8) is 0 Å². The van der Waals surface area contributed by atoms with Crippen molar-refractivity contribution in [3.05, 3.63) is 11.4 Å². The Labute approximate surface area is 117 Å². The van der Waals surface area contributed by atoms with Crippen molar-refractivity contribution < 1.29 is 0 Å². The highest BCUT2D eigenvalue weighted by Gasteiger charge is 2.33. The van der Waals surface area contributed by atoms with E-state index in [9.17, 15) is 0 Å². The van der Waals surface area contributed by atoms with Gasteiger partial charge in [0.15, 0.2) is 0 Å². The summed E-state index contributed by atoms with van der Waals surface area (Å²) in [5.74, 6) is 0.541. The van der Waals surface area contributed by atoms with Gasteiger partial charge in [-0.2, -0.15) is 0 Å². The van der Waals surface area contributed by atoms with E-state index in [1.807, 2.05) is 0 Å². The Hall–Kier alpha value is -0.860. The van der Waals surface area contributed by atoms with Crippen molar-refractivity contribution in [1.29, 1.82) is 0 Å². The number of aromatic nitrogens is 3. The number of fused-ring (bicyclic) bond motifs is 1. The fraction of sp³-hybridized carbons (Fsp3) is 0.875. The van der Waals surface area contributed by atoms with Crippen LogP contribution in [0.15, 0.2) is 0 Å². The molecular formula is C16H29N3. The lowest BCUT2D eigenvalue weighted by atomic mass is 9.74. The minimum absolute atomic E-state index is 0.0300. The van der Waals surface area contributed by atoms with Gasteiger partial charge in [0.05, 0.1) is 16.9 Å². The summed E-state index contributed by atoms with van der Waals surface area (Å²) in [5, 5.41) is 9.07. The second-order valence-electron chi connectivity index (χ2n) is 8.02. The molecule has 0 fully saturated rings. The van der Waals surface area contributed by atoms with E-state index in [0.29, 0.717) is 5.92 Å². The maximum absolute atomic E-state index is 4.59. The van der Waals surface area contributed by atoms with Gasteiger partial charge in [0.25, 0.3) is 0 Å². The van der Waals surface area contributed by atoms with Crippen LogP contribution >= 0.6 is 0 Å². The van der Waals surface area contributed by atoms with E-state index < -0.39 is 0 Å². The Kier molecular flexibility index (Phi) is 3.76. The van der Waals surface area contributed by atoms with Gasteiger partial charge >= 0.3 is 0 Å². The molecule has 1 aromatic heterocycles. The summed E-state index contributed by atoms with van der Waals surface area (Å²) in [6.45, 7) is 13.6. The molecule has 0 saturated heterocycles. The Balaban J connectivity index is 2.49. The molecule has 3 heteroatoms. The van der Waals surface area contributed by atoms with Crippen LogP contribution in [0.3, 0.4) is 0 Å². The van der Waals surface area contributed by atoms with Gasteiger partial charge in [0, 0.05) is 5.92 Å². The van der Waals surface area contributed by atoms with Gasteiger partial charge in [0.2, 0.25) is 0 Å². The number of hydrogen-bond acceptors (Lipinski definition) is 2. The first kappa shape index (κ1) is 14.5. The zero-order valence-corrected chi connectivity index (χ0v) is 13.5. The summed E-state index contributed by atoms with van der Waals surface area (Å²) in [6, 6.07) is 0. The molecule has 0 aromatic carbocycles. The molecule has 108 valence electrons. The monoisotopic (exact) mass is 263 g/mol. The Morgan fingerprint density at radius 2 is 1.68 bits per heavy atom. The third-order valence-corrected chi connectivity index (χ3v) is 4.21. The van der Waals surface area contributed by atoms with Crippen LogP contribution in [0.5, 0.6) is 0 Å². The average Bonchev–Trinajstić information content (AvgIpc) is 2.58. The van der Waals surface area contributed by atoms with Gasteiger partial charge in [-0.3, -0.25) is 0 Å². The largest absolute Gasteiger partial charge is 0.244 e. The molecule has 0 aliphatic heterocycles. The quantitative estimate of drug-likeness (QED) is 0.699. The first-order valence-electron chi connectivity index (χ1n) is 7.66. The molecule has 1 heterocycles. The number of nitrogens with zero attached hydrogens (tertiary/aromatic N) is 3. The summed E-state index contributed by atoms with van der Waals surface area (Å²) in [7, 11) is 0. The van der Waals surface area contributed by atoms with Crippen molar-refractivity contribution in [2.75, 3.05) is 0 Å². The van der Waals surface area contributed by atoms with E-state index in [-0.39, 0.29) is 11.0 Å². The van der Waals surface area contributed by atoms with Crippen LogP contribution in [-0.4, -0.2) is 15.0 Å². The molecule has 1 atom stereocenters. The van der Waals surface area contributed by atoms with E-state index in [0.717, 1.165) is 6.42 Å². The van der Waals surface area contributed by atoms with E-state index >= 15 is 0 Å². The van der Waals surface area contributed by atoms with Gasteiger partial charge in [-0.1, -0.05) is 38.8 Å². The number of hydrogen-bond donors (Lipinski definition) is 0. The molecule has 0 saturated carbocycles. The minimum atomic E-state index is 0.0300. The predicted molar refractivity (Wildman–Crippen MR) is 79.4 cm³/mol. The fourth-order valence-electron chi connectivity index (χ4n) is 3.15. The highest BCUT2D eigenvalue weighted by atomic mass is 15.5. The summed E-state index contributed by atoms with van der Waals surface area (Å²) in [6.07, 6.45) is 6.31. The maximum Gasteiger partial charge on any atom is 0.0895 e. The van der Waals surface area contributed by atoms with E-state index in [4.69, 9.17) is 0 Å². The topological polar surface area (TPSA) is 30.7 Å². The third-order valence-electron chi connectivity index (χ3n) is 4.21. The molecule has 3 nitrogen and oxygen atoms in total. The number of rotatable bonds is 0. The van der Waals surface area contributed by atoms with Crippen molar-refractivity contribution in [3.8, 4) is 0 Å². The van der Waals surface area contributed by atoms with Crippen LogP contribution in [0.25, 0.3) is 0 Å². The molecule has 0 bridgehead atoms. The van der Waals surface area contributed by atoms with Crippen LogP contribution in [0.1, 0.15) is 84.5 Å². The Bertz CT molecular complexity index is 432. The SMILES string of the molecule is CC(C)(C)C1CCCCCc2c1nnn2C(C)(C)C. The molecule has 0 amide bonds. The first-order chi connectivity index (χ1) is 8.71. The van der Waals surface area contributed by atoms with Crippen molar-refractivity contribution >= 4 is 0 Å². The molecule has 1 aromatic rings. The summed E-state index contributed by atoms with van der Waals surface area (Å²) >= 11 is 0. The van der Waals surface area contributed by atoms with Crippen LogP contribution in [0, 0.1) is 5.41 Å². The van der Waals surface area contributed by atoms with Gasteiger partial charge in [-0.05, 0) is 45.4 Å². The lowest BCUT2D eigenvalue weighted by Gasteiger charge is -2.32. The zero-order valence-electron chi connectivity index (χ0n) is 13.5. The van der Waals surface area contributed by atoms with E-state index in [2.05, 4.69) is 56.5 Å².